The zero-order valence-corrected chi connectivity index (χ0v) is 12.4. The summed E-state index contributed by atoms with van der Waals surface area (Å²) < 4.78 is 5.20. The molecule has 110 valence electrons. The molecule has 2 bridgehead atoms. The van der Waals surface area contributed by atoms with Gasteiger partial charge in [-0.25, -0.2) is 4.79 Å². The fraction of sp³-hybridized carbons (Fsp3) is 0.500. The van der Waals surface area contributed by atoms with Crippen molar-refractivity contribution in [3.8, 4) is 0 Å². The summed E-state index contributed by atoms with van der Waals surface area (Å²) in [5, 5.41) is 0. The Labute approximate surface area is 125 Å². The van der Waals surface area contributed by atoms with Crippen LogP contribution in [0.5, 0.6) is 0 Å². The molecule has 1 saturated carbocycles. The molecule has 4 atom stereocenters. The summed E-state index contributed by atoms with van der Waals surface area (Å²) in [6, 6.07) is 7.87. The smallest absolute Gasteiger partial charge is 0.340 e. The molecule has 1 aromatic carbocycles. The van der Waals surface area contributed by atoms with E-state index in [1.807, 2.05) is 25.1 Å². The van der Waals surface area contributed by atoms with Gasteiger partial charge in [0.15, 0.2) is 0 Å². The maximum atomic E-state index is 12.1. The van der Waals surface area contributed by atoms with Gasteiger partial charge >= 0.3 is 5.97 Å². The molecule has 1 heterocycles. The average molecular weight is 283 g/mol. The van der Waals surface area contributed by atoms with Crippen LogP contribution in [0, 0.1) is 23.7 Å². The maximum Gasteiger partial charge on any atom is 0.340 e. The highest BCUT2D eigenvalue weighted by Gasteiger charge is 2.49. The van der Waals surface area contributed by atoms with Crippen LogP contribution >= 0.6 is 0 Å². The van der Waals surface area contributed by atoms with Gasteiger partial charge in [0.1, 0.15) is 0 Å². The number of nitrogens with zero attached hydrogens (tertiary/aromatic N) is 1. The Hall–Kier alpha value is -1.77. The minimum atomic E-state index is -0.203. The van der Waals surface area contributed by atoms with E-state index in [2.05, 4.69) is 23.1 Å². The van der Waals surface area contributed by atoms with Gasteiger partial charge in [-0.2, -0.15) is 0 Å². The first-order valence-electron chi connectivity index (χ1n) is 7.97. The predicted octanol–water partition coefficient (Wildman–Crippen LogP) is 3.12. The SMILES string of the molecule is CCOC(=O)c1ccccc1N1CC2C3C=CC(C3)C2C1. The lowest BCUT2D eigenvalue weighted by atomic mass is 9.86. The molecule has 0 spiro atoms. The second-order valence-corrected chi connectivity index (χ2v) is 6.42. The fourth-order valence-electron chi connectivity index (χ4n) is 4.48. The van der Waals surface area contributed by atoms with Crippen molar-refractivity contribution in [2.45, 2.75) is 13.3 Å². The summed E-state index contributed by atoms with van der Waals surface area (Å²) in [7, 11) is 0. The van der Waals surface area contributed by atoms with Crippen molar-refractivity contribution in [2.75, 3.05) is 24.6 Å². The molecule has 3 heteroatoms. The van der Waals surface area contributed by atoms with E-state index >= 15 is 0 Å². The van der Waals surface area contributed by atoms with Gasteiger partial charge in [-0.3, -0.25) is 0 Å². The number of allylic oxidation sites excluding steroid dienone is 2. The molecule has 3 aliphatic rings. The summed E-state index contributed by atoms with van der Waals surface area (Å²) in [4.78, 5) is 14.5. The second kappa shape index (κ2) is 4.90. The molecule has 0 N–H and O–H groups in total. The Kier molecular flexibility index (Phi) is 3.02. The number of ether oxygens (including phenoxy) is 1. The summed E-state index contributed by atoms with van der Waals surface area (Å²) in [5.41, 5.74) is 1.75. The minimum absolute atomic E-state index is 0.203. The molecule has 2 fully saturated rings. The van der Waals surface area contributed by atoms with Gasteiger partial charge in [0.05, 0.1) is 17.9 Å². The molecule has 1 saturated heterocycles. The number of anilines is 1. The van der Waals surface area contributed by atoms with Crippen LogP contribution < -0.4 is 4.90 Å². The summed E-state index contributed by atoms with van der Waals surface area (Å²) >= 11 is 0. The lowest BCUT2D eigenvalue weighted by molar-refractivity contribution is 0.0527. The van der Waals surface area contributed by atoms with Gasteiger partial charge in [0.25, 0.3) is 0 Å². The zero-order chi connectivity index (χ0) is 14.4. The number of esters is 1. The van der Waals surface area contributed by atoms with E-state index in [4.69, 9.17) is 4.74 Å². The normalized spacial score (nSPS) is 32.5. The Balaban J connectivity index is 1.60. The fourth-order valence-corrected chi connectivity index (χ4v) is 4.48. The van der Waals surface area contributed by atoms with Crippen molar-refractivity contribution in [3.63, 3.8) is 0 Å². The molecule has 0 amide bonds. The largest absolute Gasteiger partial charge is 0.462 e. The molecule has 1 aromatic rings. The summed E-state index contributed by atoms with van der Waals surface area (Å²) in [6.07, 6.45) is 6.17. The molecule has 2 aliphatic carbocycles. The van der Waals surface area contributed by atoms with Crippen LogP contribution in [0.25, 0.3) is 0 Å². The minimum Gasteiger partial charge on any atom is -0.462 e. The van der Waals surface area contributed by atoms with Crippen LogP contribution in [-0.2, 0) is 4.74 Å². The molecule has 3 nitrogen and oxygen atoms in total. The van der Waals surface area contributed by atoms with Gasteiger partial charge in [0.2, 0.25) is 0 Å². The number of carbonyl (C=O) groups excluding carboxylic acids is 1. The standard InChI is InChI=1S/C18H21NO2/c1-2-21-18(20)14-5-3-4-6-17(14)19-10-15-12-7-8-13(9-12)16(15)11-19/h3-8,12-13,15-16H,2,9-11H2,1H3. The highest BCUT2D eigenvalue weighted by atomic mass is 16.5. The Morgan fingerprint density at radius 2 is 1.86 bits per heavy atom. The molecule has 4 rings (SSSR count). The molecule has 0 radical (unpaired) electrons. The van der Waals surface area contributed by atoms with Crippen LogP contribution in [0.15, 0.2) is 36.4 Å². The van der Waals surface area contributed by atoms with Crippen molar-refractivity contribution >= 4 is 11.7 Å². The third kappa shape index (κ3) is 1.98. The van der Waals surface area contributed by atoms with E-state index in [-0.39, 0.29) is 5.97 Å². The summed E-state index contributed by atoms with van der Waals surface area (Å²) in [6.45, 7) is 4.43. The van der Waals surface area contributed by atoms with Crippen molar-refractivity contribution in [2.24, 2.45) is 23.7 Å². The lowest BCUT2D eigenvalue weighted by Gasteiger charge is -2.23. The van der Waals surface area contributed by atoms with Crippen molar-refractivity contribution in [3.05, 3.63) is 42.0 Å². The molecule has 21 heavy (non-hydrogen) atoms. The van der Waals surface area contributed by atoms with Crippen LogP contribution in [-0.4, -0.2) is 25.7 Å². The van der Waals surface area contributed by atoms with Gasteiger partial charge in [-0.1, -0.05) is 24.3 Å². The summed E-state index contributed by atoms with van der Waals surface area (Å²) in [5.74, 6) is 2.87. The van der Waals surface area contributed by atoms with E-state index < -0.39 is 0 Å². The molecule has 1 aliphatic heterocycles. The molecule has 4 unspecified atom stereocenters. The second-order valence-electron chi connectivity index (χ2n) is 6.42. The number of para-hydroxylation sites is 1. The van der Waals surface area contributed by atoms with E-state index in [1.165, 1.54) is 6.42 Å². The Morgan fingerprint density at radius 1 is 1.19 bits per heavy atom. The quantitative estimate of drug-likeness (QED) is 0.630. The first-order chi connectivity index (χ1) is 10.3. The number of fused-ring (bicyclic) bond motifs is 5. The van der Waals surface area contributed by atoms with Crippen molar-refractivity contribution in [1.29, 1.82) is 0 Å². The van der Waals surface area contributed by atoms with E-state index in [0.29, 0.717) is 12.2 Å². The van der Waals surface area contributed by atoms with Crippen molar-refractivity contribution in [1.82, 2.24) is 0 Å². The van der Waals surface area contributed by atoms with Crippen LogP contribution in [0.3, 0.4) is 0 Å². The number of benzene rings is 1. The highest BCUT2D eigenvalue weighted by Crippen LogP contribution is 2.52. The van der Waals surface area contributed by atoms with E-state index in [1.54, 1.807) is 0 Å². The van der Waals surface area contributed by atoms with Gasteiger partial charge in [0, 0.05) is 13.1 Å². The average Bonchev–Trinajstić information content (AvgIpc) is 3.20. The van der Waals surface area contributed by atoms with Crippen LogP contribution in [0.2, 0.25) is 0 Å². The van der Waals surface area contributed by atoms with Crippen LogP contribution in [0.1, 0.15) is 23.7 Å². The first-order valence-corrected chi connectivity index (χ1v) is 7.97. The van der Waals surface area contributed by atoms with E-state index in [9.17, 15) is 4.79 Å². The molecule has 0 aromatic heterocycles. The predicted molar refractivity (Wildman–Crippen MR) is 82.3 cm³/mol. The zero-order valence-electron chi connectivity index (χ0n) is 12.4. The number of hydrogen-bond donors (Lipinski definition) is 0. The topological polar surface area (TPSA) is 29.5 Å². The third-order valence-electron chi connectivity index (χ3n) is 5.40. The Bertz CT molecular complexity index is 575. The number of carbonyl (C=O) groups is 1. The highest BCUT2D eigenvalue weighted by molar-refractivity contribution is 5.96. The van der Waals surface area contributed by atoms with Gasteiger partial charge in [-0.05, 0) is 49.1 Å². The maximum absolute atomic E-state index is 12.1. The van der Waals surface area contributed by atoms with E-state index in [0.717, 1.165) is 42.4 Å². The first kappa shape index (κ1) is 12.9. The molecular weight excluding hydrogens is 262 g/mol. The molecular formula is C18H21NO2. The van der Waals surface area contributed by atoms with Gasteiger partial charge in [-0.15, -0.1) is 0 Å². The van der Waals surface area contributed by atoms with Crippen molar-refractivity contribution < 1.29 is 9.53 Å². The number of rotatable bonds is 3. The Morgan fingerprint density at radius 3 is 2.52 bits per heavy atom. The number of hydrogen-bond acceptors (Lipinski definition) is 3. The van der Waals surface area contributed by atoms with Gasteiger partial charge < -0.3 is 9.64 Å². The third-order valence-corrected chi connectivity index (χ3v) is 5.40. The monoisotopic (exact) mass is 283 g/mol. The van der Waals surface area contributed by atoms with Crippen LogP contribution in [0.4, 0.5) is 5.69 Å². The lowest BCUT2D eigenvalue weighted by Crippen LogP contribution is -2.24.